The van der Waals surface area contributed by atoms with Gasteiger partial charge in [-0.1, -0.05) is 15.9 Å². The first-order valence-corrected chi connectivity index (χ1v) is 6.45. The van der Waals surface area contributed by atoms with Gasteiger partial charge < -0.3 is 9.14 Å². The minimum absolute atomic E-state index is 0.309. The predicted octanol–water partition coefficient (Wildman–Crippen LogP) is 3.91. The Labute approximate surface area is 117 Å². The number of halogens is 2. The fourth-order valence-electron chi connectivity index (χ4n) is 1.97. The molecule has 0 radical (unpaired) electrons. The van der Waals surface area contributed by atoms with Crippen LogP contribution < -0.4 is 4.74 Å². The van der Waals surface area contributed by atoms with Gasteiger partial charge in [0.1, 0.15) is 5.82 Å². The molecule has 0 bridgehead atoms. The van der Waals surface area contributed by atoms with E-state index in [0.29, 0.717) is 27.1 Å². The number of fused-ring (bicyclic) bond motifs is 1. The highest BCUT2D eigenvalue weighted by atomic mass is 79.9. The van der Waals surface area contributed by atoms with Crippen molar-refractivity contribution >= 4 is 21.6 Å². The van der Waals surface area contributed by atoms with Gasteiger partial charge in [-0.2, -0.15) is 0 Å². The maximum Gasteiger partial charge on any atom is 0.180 e. The summed E-state index contributed by atoms with van der Waals surface area (Å²) in [7, 11) is 1.59. The lowest BCUT2D eigenvalue weighted by Gasteiger charge is -2.00. The zero-order valence-corrected chi connectivity index (χ0v) is 11.7. The molecule has 2 aromatic heterocycles. The molecule has 0 spiro atoms. The van der Waals surface area contributed by atoms with Crippen molar-refractivity contribution < 1.29 is 9.13 Å². The Morgan fingerprint density at radius 1 is 1.32 bits per heavy atom. The van der Waals surface area contributed by atoms with Crippen molar-refractivity contribution in [2.45, 2.75) is 0 Å². The predicted molar refractivity (Wildman–Crippen MR) is 74.8 cm³/mol. The molecule has 0 amide bonds. The molecule has 5 heteroatoms. The molecule has 0 aliphatic carbocycles. The average Bonchev–Trinajstić information content (AvgIpc) is 2.81. The first-order valence-electron chi connectivity index (χ1n) is 5.66. The van der Waals surface area contributed by atoms with Crippen LogP contribution in [0.5, 0.6) is 5.75 Å². The minimum atomic E-state index is -0.309. The number of nitrogens with zero attached hydrogens (tertiary/aromatic N) is 2. The zero-order chi connectivity index (χ0) is 13.4. The quantitative estimate of drug-likeness (QED) is 0.715. The molecule has 0 fully saturated rings. The number of benzene rings is 1. The number of pyridine rings is 1. The van der Waals surface area contributed by atoms with Gasteiger partial charge in [0, 0.05) is 22.4 Å². The van der Waals surface area contributed by atoms with E-state index in [9.17, 15) is 4.39 Å². The Morgan fingerprint density at radius 3 is 2.89 bits per heavy atom. The largest absolute Gasteiger partial charge is 0.493 e. The Balaban J connectivity index is 2.20. The van der Waals surface area contributed by atoms with E-state index >= 15 is 0 Å². The van der Waals surface area contributed by atoms with Crippen LogP contribution in [0.3, 0.4) is 0 Å². The normalized spacial score (nSPS) is 10.9. The highest BCUT2D eigenvalue weighted by molar-refractivity contribution is 9.10. The van der Waals surface area contributed by atoms with Gasteiger partial charge in [0.15, 0.2) is 11.4 Å². The highest BCUT2D eigenvalue weighted by Gasteiger charge is 2.11. The van der Waals surface area contributed by atoms with Gasteiger partial charge in [0.05, 0.1) is 12.8 Å². The van der Waals surface area contributed by atoms with Crippen molar-refractivity contribution in [3.8, 4) is 17.0 Å². The number of methoxy groups -OCH3 is 1. The Hall–Kier alpha value is -1.88. The molecule has 19 heavy (non-hydrogen) atoms. The van der Waals surface area contributed by atoms with Crippen molar-refractivity contribution in [2.75, 3.05) is 7.11 Å². The molecule has 3 aromatic rings. The van der Waals surface area contributed by atoms with E-state index in [2.05, 4.69) is 20.9 Å². The molecular formula is C14H10BrFN2O. The monoisotopic (exact) mass is 320 g/mol. The zero-order valence-electron chi connectivity index (χ0n) is 10.1. The van der Waals surface area contributed by atoms with Gasteiger partial charge in [-0.3, -0.25) is 0 Å². The van der Waals surface area contributed by atoms with Gasteiger partial charge in [-0.25, -0.2) is 9.37 Å². The Morgan fingerprint density at radius 2 is 2.16 bits per heavy atom. The van der Waals surface area contributed by atoms with Crippen molar-refractivity contribution in [3.05, 3.63) is 53.0 Å². The first kappa shape index (κ1) is 12.2. The van der Waals surface area contributed by atoms with Crippen molar-refractivity contribution in [1.29, 1.82) is 0 Å². The van der Waals surface area contributed by atoms with E-state index < -0.39 is 0 Å². The third kappa shape index (κ3) is 2.10. The van der Waals surface area contributed by atoms with Gasteiger partial charge in [-0.05, 0) is 30.3 Å². The molecule has 1 aromatic carbocycles. The van der Waals surface area contributed by atoms with E-state index in [4.69, 9.17) is 4.74 Å². The second-order valence-corrected chi connectivity index (χ2v) is 4.97. The smallest absolute Gasteiger partial charge is 0.180 e. The van der Waals surface area contributed by atoms with Crippen molar-refractivity contribution in [2.24, 2.45) is 0 Å². The molecule has 0 saturated carbocycles. The highest BCUT2D eigenvalue weighted by Crippen LogP contribution is 2.27. The average molecular weight is 321 g/mol. The van der Waals surface area contributed by atoms with E-state index in [0.717, 1.165) is 0 Å². The molecule has 3 rings (SSSR count). The first-order chi connectivity index (χ1) is 9.19. The SMILES string of the molecule is COc1cccn2cc(-c3ccc(Br)cc3F)nc12. The van der Waals surface area contributed by atoms with Crippen LogP contribution >= 0.6 is 15.9 Å². The van der Waals surface area contributed by atoms with Gasteiger partial charge >= 0.3 is 0 Å². The molecule has 3 nitrogen and oxygen atoms in total. The molecule has 2 heterocycles. The van der Waals surface area contributed by atoms with Gasteiger partial charge in [0.2, 0.25) is 0 Å². The lowest BCUT2D eigenvalue weighted by molar-refractivity contribution is 0.417. The van der Waals surface area contributed by atoms with E-state index in [-0.39, 0.29) is 5.82 Å². The summed E-state index contributed by atoms with van der Waals surface area (Å²) in [5, 5.41) is 0. The van der Waals surface area contributed by atoms with Gasteiger partial charge in [-0.15, -0.1) is 0 Å². The Bertz CT molecular complexity index is 754. The number of rotatable bonds is 2. The fraction of sp³-hybridized carbons (Fsp3) is 0.0714. The molecule has 0 aliphatic heterocycles. The third-order valence-corrected chi connectivity index (χ3v) is 3.37. The van der Waals surface area contributed by atoms with Crippen molar-refractivity contribution in [3.63, 3.8) is 0 Å². The van der Waals surface area contributed by atoms with Crippen LogP contribution in [0.4, 0.5) is 4.39 Å². The van der Waals surface area contributed by atoms with Crippen LogP contribution in [0.25, 0.3) is 16.9 Å². The number of hydrogen-bond acceptors (Lipinski definition) is 2. The maximum absolute atomic E-state index is 13.9. The van der Waals surface area contributed by atoms with Crippen LogP contribution in [0.2, 0.25) is 0 Å². The molecule has 0 atom stereocenters. The summed E-state index contributed by atoms with van der Waals surface area (Å²) in [4.78, 5) is 4.43. The third-order valence-electron chi connectivity index (χ3n) is 2.87. The van der Waals surface area contributed by atoms with E-state index in [1.54, 1.807) is 25.4 Å². The topological polar surface area (TPSA) is 26.5 Å². The summed E-state index contributed by atoms with van der Waals surface area (Å²) in [6.07, 6.45) is 3.63. The molecule has 0 unspecified atom stereocenters. The summed E-state index contributed by atoms with van der Waals surface area (Å²) in [5.41, 5.74) is 1.71. The second kappa shape index (κ2) is 4.66. The molecule has 0 saturated heterocycles. The van der Waals surface area contributed by atoms with Crippen LogP contribution in [-0.2, 0) is 0 Å². The molecule has 0 N–H and O–H groups in total. The van der Waals surface area contributed by atoms with E-state index in [1.165, 1.54) is 6.07 Å². The number of imidazole rings is 1. The second-order valence-electron chi connectivity index (χ2n) is 4.06. The number of aromatic nitrogens is 2. The summed E-state index contributed by atoms with van der Waals surface area (Å²) in [5.74, 6) is 0.350. The summed E-state index contributed by atoms with van der Waals surface area (Å²) < 4.78 is 21.7. The molecular weight excluding hydrogens is 311 g/mol. The Kier molecular flexibility index (Phi) is 2.98. The standard InChI is InChI=1S/C14H10BrFN2O/c1-19-13-3-2-6-18-8-12(17-14(13)18)10-5-4-9(15)7-11(10)16/h2-8H,1H3. The molecule has 0 aliphatic rings. The van der Waals surface area contributed by atoms with Crippen LogP contribution in [0, 0.1) is 5.82 Å². The van der Waals surface area contributed by atoms with Gasteiger partial charge in [0.25, 0.3) is 0 Å². The summed E-state index contributed by atoms with van der Waals surface area (Å²) in [6, 6.07) is 8.60. The summed E-state index contributed by atoms with van der Waals surface area (Å²) >= 11 is 3.24. The van der Waals surface area contributed by atoms with Crippen LogP contribution in [0.15, 0.2) is 47.2 Å². The lowest BCUT2D eigenvalue weighted by atomic mass is 10.1. The lowest BCUT2D eigenvalue weighted by Crippen LogP contribution is -1.88. The fourth-order valence-corrected chi connectivity index (χ4v) is 2.31. The van der Waals surface area contributed by atoms with Crippen LogP contribution in [-0.4, -0.2) is 16.5 Å². The molecule has 96 valence electrons. The summed E-state index contributed by atoms with van der Waals surface area (Å²) in [6.45, 7) is 0. The van der Waals surface area contributed by atoms with Crippen LogP contribution in [0.1, 0.15) is 0 Å². The minimum Gasteiger partial charge on any atom is -0.493 e. The van der Waals surface area contributed by atoms with Crippen molar-refractivity contribution in [1.82, 2.24) is 9.38 Å². The maximum atomic E-state index is 13.9. The number of ether oxygens (including phenoxy) is 1. The number of hydrogen-bond donors (Lipinski definition) is 0. The van der Waals surface area contributed by atoms with E-state index in [1.807, 2.05) is 22.7 Å².